The molecule has 0 bridgehead atoms. The summed E-state index contributed by atoms with van der Waals surface area (Å²) < 4.78 is 18.8. The molecule has 2 amide bonds. The Kier molecular flexibility index (Phi) is 10.4. The number of halogens is 2. The average Bonchev–Trinajstić information content (AvgIpc) is 2.78. The Morgan fingerprint density at radius 2 is 1.81 bits per heavy atom. The Balaban J connectivity index is 2.00. The van der Waals surface area contributed by atoms with Crippen molar-refractivity contribution >= 4 is 23.3 Å². The number of nitrogens with one attached hydrogen (secondary N) is 1. The fraction of sp³-hybridized carbons (Fsp3) is 0.458. The second-order valence-corrected chi connectivity index (χ2v) is 8.53. The molecule has 2 N–H and O–H groups in total. The molecule has 0 aliphatic carbocycles. The minimum atomic E-state index is -0.358. The van der Waals surface area contributed by atoms with Gasteiger partial charge in [0.15, 0.2) is 0 Å². The number of hydrogen-bond donors (Lipinski definition) is 2. The topological polar surface area (TPSA) is 65.0 Å². The Bertz CT molecular complexity index is 853. The lowest BCUT2D eigenvalue weighted by Crippen LogP contribution is -2.45. The monoisotopic (exact) mass is 465 g/mol. The zero-order chi connectivity index (χ0) is 23.7. The maximum Gasteiger partial charge on any atom is 0.321 e. The first-order valence-corrected chi connectivity index (χ1v) is 11.0. The zero-order valence-corrected chi connectivity index (χ0v) is 19.8. The van der Waals surface area contributed by atoms with E-state index in [0.717, 1.165) is 5.56 Å². The number of benzene rings is 2. The number of carbonyl (C=O) groups excluding carboxylic acids is 1. The minimum absolute atomic E-state index is 0.0226. The molecule has 176 valence electrons. The molecule has 0 saturated heterocycles. The maximum absolute atomic E-state index is 13.1. The highest BCUT2D eigenvalue weighted by atomic mass is 35.5. The molecule has 0 spiro atoms. The summed E-state index contributed by atoms with van der Waals surface area (Å²) in [4.78, 5) is 16.2. The molecule has 3 atom stereocenters. The van der Waals surface area contributed by atoms with Gasteiger partial charge in [-0.05, 0) is 48.7 Å². The number of ether oxygens (including phenoxy) is 1. The second kappa shape index (κ2) is 12.7. The molecule has 2 aromatic carbocycles. The molecule has 0 unspecified atom stereocenters. The molecule has 0 radical (unpaired) electrons. The highest BCUT2D eigenvalue weighted by molar-refractivity contribution is 6.31. The number of likely N-dealkylation sites (N-methyl/N-ethyl adjacent to an activating group) is 1. The number of methoxy groups -OCH3 is 1. The molecular formula is C24H33ClFN3O3. The van der Waals surface area contributed by atoms with Gasteiger partial charge in [-0.2, -0.15) is 0 Å². The highest BCUT2D eigenvalue weighted by Gasteiger charge is 2.25. The first-order chi connectivity index (χ1) is 15.2. The first-order valence-electron chi connectivity index (χ1n) is 10.6. The highest BCUT2D eigenvalue weighted by Crippen LogP contribution is 2.21. The normalized spacial score (nSPS) is 14.1. The van der Waals surface area contributed by atoms with Crippen LogP contribution in [0.1, 0.15) is 19.4 Å². The summed E-state index contributed by atoms with van der Waals surface area (Å²) in [5, 5.41) is 13.2. The van der Waals surface area contributed by atoms with Crippen LogP contribution < -0.4 is 5.32 Å². The third-order valence-corrected chi connectivity index (χ3v) is 5.94. The summed E-state index contributed by atoms with van der Waals surface area (Å²) in [5.74, 6) is -0.291. The van der Waals surface area contributed by atoms with Gasteiger partial charge in [0, 0.05) is 50.5 Å². The van der Waals surface area contributed by atoms with Crippen molar-refractivity contribution in [3.05, 3.63) is 64.9 Å². The summed E-state index contributed by atoms with van der Waals surface area (Å²) in [6.45, 7) is 5.67. The van der Waals surface area contributed by atoms with Crippen LogP contribution in [0.15, 0.2) is 48.5 Å². The molecular weight excluding hydrogens is 433 g/mol. The van der Waals surface area contributed by atoms with Crippen LogP contribution in [0.5, 0.6) is 0 Å². The molecule has 0 fully saturated rings. The van der Waals surface area contributed by atoms with Crippen LogP contribution in [0.2, 0.25) is 5.02 Å². The number of rotatable bonds is 11. The van der Waals surface area contributed by atoms with Gasteiger partial charge in [-0.3, -0.25) is 4.90 Å². The molecule has 2 aromatic rings. The number of hydrogen-bond acceptors (Lipinski definition) is 4. The van der Waals surface area contributed by atoms with Crippen molar-refractivity contribution in [1.29, 1.82) is 0 Å². The van der Waals surface area contributed by atoms with Crippen molar-refractivity contribution in [3.63, 3.8) is 0 Å². The fourth-order valence-corrected chi connectivity index (χ4v) is 3.64. The van der Waals surface area contributed by atoms with Gasteiger partial charge < -0.3 is 20.1 Å². The summed E-state index contributed by atoms with van der Waals surface area (Å²) >= 11 is 6.34. The number of anilines is 1. The number of aliphatic hydroxyl groups excluding tert-OH is 1. The van der Waals surface area contributed by atoms with Crippen LogP contribution in [-0.4, -0.2) is 66.9 Å². The van der Waals surface area contributed by atoms with Crippen molar-refractivity contribution < 1.29 is 19.0 Å². The van der Waals surface area contributed by atoms with Gasteiger partial charge in [0.25, 0.3) is 0 Å². The summed E-state index contributed by atoms with van der Waals surface area (Å²) in [6.07, 6.45) is -0.224. The second-order valence-electron chi connectivity index (χ2n) is 8.12. The van der Waals surface area contributed by atoms with Crippen LogP contribution >= 0.6 is 11.6 Å². The zero-order valence-electron chi connectivity index (χ0n) is 19.1. The summed E-state index contributed by atoms with van der Waals surface area (Å²) in [5.41, 5.74) is 1.51. The van der Waals surface area contributed by atoms with Gasteiger partial charge in [-0.25, -0.2) is 9.18 Å². The molecule has 6 nitrogen and oxygen atoms in total. The van der Waals surface area contributed by atoms with E-state index in [1.54, 1.807) is 19.1 Å². The third-order valence-electron chi connectivity index (χ3n) is 5.57. The Labute approximate surface area is 194 Å². The molecule has 8 heteroatoms. The average molecular weight is 466 g/mol. The van der Waals surface area contributed by atoms with Crippen LogP contribution in [0, 0.1) is 11.7 Å². The number of aliphatic hydroxyl groups is 1. The standard InChI is InChI=1S/C24H33ClFN3O3/c1-17(13-29(18(2)16-30)14-19-7-5-6-8-22(19)25)23(32-4)15-28(3)24(31)27-21-11-9-20(26)10-12-21/h5-12,17-18,23,30H,13-16H2,1-4H3,(H,27,31)/t17-,18+,23+/m0/s1. The lowest BCUT2D eigenvalue weighted by Gasteiger charge is -2.34. The van der Waals surface area contributed by atoms with E-state index in [1.165, 1.54) is 24.3 Å². The van der Waals surface area contributed by atoms with Crippen molar-refractivity contribution in [1.82, 2.24) is 9.80 Å². The third kappa shape index (κ3) is 7.74. The number of nitrogens with zero attached hydrogens (tertiary/aromatic N) is 2. The molecule has 0 aliphatic heterocycles. The number of amides is 2. The van der Waals surface area contributed by atoms with Crippen LogP contribution in [0.3, 0.4) is 0 Å². The van der Waals surface area contributed by atoms with E-state index in [4.69, 9.17) is 16.3 Å². The van der Waals surface area contributed by atoms with Crippen molar-refractivity contribution in [2.24, 2.45) is 5.92 Å². The largest absolute Gasteiger partial charge is 0.395 e. The Hall–Kier alpha value is -2.19. The maximum atomic E-state index is 13.1. The predicted molar refractivity (Wildman–Crippen MR) is 126 cm³/mol. The predicted octanol–water partition coefficient (Wildman–Crippen LogP) is 4.48. The Morgan fingerprint density at radius 3 is 2.41 bits per heavy atom. The van der Waals surface area contributed by atoms with E-state index in [0.29, 0.717) is 30.3 Å². The van der Waals surface area contributed by atoms with Gasteiger partial charge in [0.2, 0.25) is 0 Å². The van der Waals surface area contributed by atoms with Gasteiger partial charge in [-0.1, -0.05) is 36.7 Å². The van der Waals surface area contributed by atoms with Gasteiger partial charge in [0.1, 0.15) is 5.82 Å². The van der Waals surface area contributed by atoms with Gasteiger partial charge in [-0.15, -0.1) is 0 Å². The van der Waals surface area contributed by atoms with Gasteiger partial charge >= 0.3 is 6.03 Å². The van der Waals surface area contributed by atoms with E-state index >= 15 is 0 Å². The van der Waals surface area contributed by atoms with E-state index in [9.17, 15) is 14.3 Å². The van der Waals surface area contributed by atoms with E-state index in [1.807, 2.05) is 31.2 Å². The van der Waals surface area contributed by atoms with Crippen molar-refractivity contribution in [3.8, 4) is 0 Å². The SMILES string of the molecule is CO[C@H](CN(C)C(=O)Nc1ccc(F)cc1)[C@@H](C)CN(Cc1ccccc1Cl)[C@H](C)CO. The van der Waals surface area contributed by atoms with Crippen LogP contribution in [0.25, 0.3) is 0 Å². The Morgan fingerprint density at radius 1 is 1.16 bits per heavy atom. The quantitative estimate of drug-likeness (QED) is 0.513. The van der Waals surface area contributed by atoms with Crippen LogP contribution in [0.4, 0.5) is 14.9 Å². The first kappa shape index (κ1) is 26.1. The molecule has 0 aliphatic rings. The molecule has 0 heterocycles. The van der Waals surface area contributed by atoms with Crippen molar-refractivity contribution in [2.45, 2.75) is 32.5 Å². The molecule has 0 saturated carbocycles. The lowest BCUT2D eigenvalue weighted by atomic mass is 10.0. The lowest BCUT2D eigenvalue weighted by molar-refractivity contribution is 0.0154. The van der Waals surface area contributed by atoms with E-state index < -0.39 is 0 Å². The summed E-state index contributed by atoms with van der Waals surface area (Å²) in [6, 6.07) is 12.9. The number of urea groups is 1. The molecule has 2 rings (SSSR count). The molecule has 32 heavy (non-hydrogen) atoms. The van der Waals surface area contributed by atoms with E-state index in [-0.39, 0.29) is 36.5 Å². The van der Waals surface area contributed by atoms with E-state index in [2.05, 4.69) is 17.1 Å². The number of carbonyl (C=O) groups is 1. The van der Waals surface area contributed by atoms with Crippen molar-refractivity contribution in [2.75, 3.05) is 39.2 Å². The van der Waals surface area contributed by atoms with Gasteiger partial charge in [0.05, 0.1) is 12.7 Å². The minimum Gasteiger partial charge on any atom is -0.395 e. The summed E-state index contributed by atoms with van der Waals surface area (Å²) in [7, 11) is 3.32. The fourth-order valence-electron chi connectivity index (χ4n) is 3.44. The van der Waals surface area contributed by atoms with Crippen LogP contribution in [-0.2, 0) is 11.3 Å². The molecule has 0 aromatic heterocycles. The smallest absolute Gasteiger partial charge is 0.321 e.